The van der Waals surface area contributed by atoms with Gasteiger partial charge in [0.2, 0.25) is 0 Å². The van der Waals surface area contributed by atoms with Crippen molar-refractivity contribution in [2.45, 2.75) is 19.0 Å². The number of aliphatic carboxylic acids is 1. The molecular formula is C18H14N4O3S. The van der Waals surface area contributed by atoms with Crippen molar-refractivity contribution in [2.24, 2.45) is 0 Å². The van der Waals surface area contributed by atoms with E-state index in [1.165, 1.54) is 16.2 Å². The predicted octanol–water partition coefficient (Wildman–Crippen LogP) is 2.25. The summed E-state index contributed by atoms with van der Waals surface area (Å²) in [7, 11) is 0. The Morgan fingerprint density at radius 3 is 2.58 bits per heavy atom. The number of carbonyl (C=O) groups excluding carboxylic acids is 1. The summed E-state index contributed by atoms with van der Waals surface area (Å²) in [6, 6.07) is 8.37. The zero-order chi connectivity index (χ0) is 18.1. The molecule has 7 nitrogen and oxygen atoms in total. The quantitative estimate of drug-likeness (QED) is 0.764. The lowest BCUT2D eigenvalue weighted by atomic mass is 9.94. The van der Waals surface area contributed by atoms with Crippen molar-refractivity contribution >= 4 is 23.2 Å². The van der Waals surface area contributed by atoms with Crippen molar-refractivity contribution in [3.63, 3.8) is 0 Å². The van der Waals surface area contributed by atoms with Crippen LogP contribution in [0.4, 0.5) is 0 Å². The maximum atomic E-state index is 12.9. The molecule has 0 saturated heterocycles. The van der Waals surface area contributed by atoms with Gasteiger partial charge < -0.3 is 10.0 Å². The maximum absolute atomic E-state index is 12.9. The first kappa shape index (κ1) is 16.3. The lowest BCUT2D eigenvalue weighted by Crippen LogP contribution is -2.48. The molecule has 0 fully saturated rings. The molecule has 0 radical (unpaired) electrons. The number of rotatable bonds is 3. The minimum Gasteiger partial charge on any atom is -0.480 e. The maximum Gasteiger partial charge on any atom is 0.326 e. The second kappa shape index (κ2) is 6.64. The van der Waals surface area contributed by atoms with Crippen LogP contribution < -0.4 is 0 Å². The van der Waals surface area contributed by atoms with Crippen molar-refractivity contribution in [2.75, 3.05) is 0 Å². The van der Waals surface area contributed by atoms with E-state index < -0.39 is 17.9 Å². The molecule has 1 amide bonds. The summed E-state index contributed by atoms with van der Waals surface area (Å²) in [4.78, 5) is 38.6. The Morgan fingerprint density at radius 2 is 1.85 bits per heavy atom. The number of carboxylic acid groups (broad SMARTS) is 1. The van der Waals surface area contributed by atoms with E-state index in [9.17, 15) is 14.7 Å². The second-order valence-corrected chi connectivity index (χ2v) is 6.73. The van der Waals surface area contributed by atoms with Gasteiger partial charge in [0, 0.05) is 30.7 Å². The van der Waals surface area contributed by atoms with E-state index in [-0.39, 0.29) is 18.7 Å². The van der Waals surface area contributed by atoms with Crippen molar-refractivity contribution in [3.8, 4) is 10.8 Å². The molecule has 130 valence electrons. The van der Waals surface area contributed by atoms with Crippen LogP contribution in [0.3, 0.4) is 0 Å². The van der Waals surface area contributed by atoms with Gasteiger partial charge in [-0.05, 0) is 17.2 Å². The molecule has 0 spiro atoms. The van der Waals surface area contributed by atoms with Crippen LogP contribution in [-0.2, 0) is 17.8 Å². The van der Waals surface area contributed by atoms with E-state index >= 15 is 0 Å². The Kier molecular flexibility index (Phi) is 4.18. The van der Waals surface area contributed by atoms with Gasteiger partial charge in [-0.15, -0.1) is 11.3 Å². The molecule has 0 saturated carbocycles. The van der Waals surface area contributed by atoms with E-state index in [1.807, 2.05) is 24.3 Å². The average molecular weight is 366 g/mol. The molecule has 3 heterocycles. The Morgan fingerprint density at radius 1 is 1.12 bits per heavy atom. The predicted molar refractivity (Wildman–Crippen MR) is 94.6 cm³/mol. The zero-order valence-corrected chi connectivity index (χ0v) is 14.4. The number of aromatic nitrogens is 3. The number of benzene rings is 1. The largest absolute Gasteiger partial charge is 0.480 e. The number of nitrogens with zero attached hydrogens (tertiary/aromatic N) is 4. The molecule has 1 aliphatic heterocycles. The third-order valence-electron chi connectivity index (χ3n) is 4.27. The van der Waals surface area contributed by atoms with Gasteiger partial charge in [-0.25, -0.2) is 19.7 Å². The van der Waals surface area contributed by atoms with Crippen LogP contribution in [0.2, 0.25) is 0 Å². The lowest BCUT2D eigenvalue weighted by molar-refractivity contribution is -0.142. The number of thiazole rings is 1. The molecule has 0 bridgehead atoms. The van der Waals surface area contributed by atoms with Crippen molar-refractivity contribution in [1.29, 1.82) is 0 Å². The fourth-order valence-corrected chi connectivity index (χ4v) is 3.73. The molecule has 1 atom stereocenters. The molecule has 1 N–H and O–H groups in total. The molecule has 4 rings (SSSR count). The van der Waals surface area contributed by atoms with E-state index in [0.29, 0.717) is 10.8 Å². The normalized spacial score (nSPS) is 16.2. The number of carbonyl (C=O) groups is 2. The highest BCUT2D eigenvalue weighted by molar-refractivity contribution is 7.13. The molecule has 1 aromatic carbocycles. The van der Waals surface area contributed by atoms with Gasteiger partial charge in [0.25, 0.3) is 5.91 Å². The number of amides is 1. The number of hydrogen-bond acceptors (Lipinski definition) is 6. The van der Waals surface area contributed by atoms with Crippen LogP contribution in [0.25, 0.3) is 10.8 Å². The van der Waals surface area contributed by atoms with Gasteiger partial charge in [-0.1, -0.05) is 24.3 Å². The van der Waals surface area contributed by atoms with Gasteiger partial charge in [-0.2, -0.15) is 0 Å². The van der Waals surface area contributed by atoms with Crippen molar-refractivity contribution in [1.82, 2.24) is 19.9 Å². The summed E-state index contributed by atoms with van der Waals surface area (Å²) in [5.74, 6) is -0.977. The third-order valence-corrected chi connectivity index (χ3v) is 5.11. The third kappa shape index (κ3) is 2.95. The van der Waals surface area contributed by atoms with E-state index in [0.717, 1.165) is 11.1 Å². The lowest BCUT2D eigenvalue weighted by Gasteiger charge is -2.34. The molecule has 0 unspecified atom stereocenters. The monoisotopic (exact) mass is 366 g/mol. The standard InChI is InChI=1S/C18H14N4O3S/c23-17(13-10-26-16(21-13)15-19-6-3-7-20-15)22-9-12-5-2-1-4-11(12)8-14(22)18(24)25/h1-7,10,14H,8-9H2,(H,24,25)/t14-/m1/s1. The highest BCUT2D eigenvalue weighted by Gasteiger charge is 2.35. The van der Waals surface area contributed by atoms with E-state index in [4.69, 9.17) is 0 Å². The highest BCUT2D eigenvalue weighted by atomic mass is 32.1. The first-order chi connectivity index (χ1) is 12.6. The molecular weight excluding hydrogens is 352 g/mol. The van der Waals surface area contributed by atoms with Crippen LogP contribution in [0.15, 0.2) is 48.1 Å². The van der Waals surface area contributed by atoms with Crippen LogP contribution in [-0.4, -0.2) is 42.9 Å². The molecule has 8 heteroatoms. The Balaban J connectivity index is 1.65. The Bertz CT molecular complexity index is 973. The topological polar surface area (TPSA) is 96.3 Å². The van der Waals surface area contributed by atoms with E-state index in [1.54, 1.807) is 23.8 Å². The zero-order valence-electron chi connectivity index (χ0n) is 13.6. The average Bonchev–Trinajstić information content (AvgIpc) is 3.17. The second-order valence-electron chi connectivity index (χ2n) is 5.87. The smallest absolute Gasteiger partial charge is 0.326 e. The van der Waals surface area contributed by atoms with E-state index in [2.05, 4.69) is 15.0 Å². The van der Waals surface area contributed by atoms with Crippen LogP contribution >= 0.6 is 11.3 Å². The van der Waals surface area contributed by atoms with Crippen LogP contribution in [0.5, 0.6) is 0 Å². The Hall–Kier alpha value is -3.13. The first-order valence-corrected chi connectivity index (χ1v) is 8.85. The minimum atomic E-state index is -1.02. The number of carboxylic acids is 1. The molecule has 0 aliphatic carbocycles. The fraction of sp³-hybridized carbons (Fsp3) is 0.167. The molecule has 2 aromatic heterocycles. The van der Waals surface area contributed by atoms with Gasteiger partial charge in [0.15, 0.2) is 10.8 Å². The van der Waals surface area contributed by atoms with Gasteiger partial charge >= 0.3 is 5.97 Å². The SMILES string of the molecule is O=C(O)[C@H]1Cc2ccccc2CN1C(=O)c1csc(-c2ncccn2)n1. The van der Waals surface area contributed by atoms with Gasteiger partial charge in [0.05, 0.1) is 0 Å². The van der Waals surface area contributed by atoms with Crippen molar-refractivity contribution < 1.29 is 14.7 Å². The molecule has 1 aliphatic rings. The van der Waals surface area contributed by atoms with Crippen LogP contribution in [0, 0.1) is 0 Å². The summed E-state index contributed by atoms with van der Waals surface area (Å²) in [6.07, 6.45) is 3.50. The number of hydrogen-bond donors (Lipinski definition) is 1. The summed E-state index contributed by atoms with van der Waals surface area (Å²) < 4.78 is 0. The van der Waals surface area contributed by atoms with Gasteiger partial charge in [-0.3, -0.25) is 4.79 Å². The Labute approximate surface area is 153 Å². The molecule has 26 heavy (non-hydrogen) atoms. The summed E-state index contributed by atoms with van der Waals surface area (Å²) in [5.41, 5.74) is 2.13. The first-order valence-electron chi connectivity index (χ1n) is 7.97. The fourth-order valence-electron chi connectivity index (χ4n) is 2.99. The number of fused-ring (bicyclic) bond motifs is 1. The van der Waals surface area contributed by atoms with Crippen molar-refractivity contribution in [3.05, 3.63) is 64.9 Å². The molecule has 3 aromatic rings. The summed E-state index contributed by atoms with van der Waals surface area (Å²) in [6.45, 7) is 0.251. The minimum absolute atomic E-state index is 0.211. The van der Waals surface area contributed by atoms with Gasteiger partial charge in [0.1, 0.15) is 11.7 Å². The highest BCUT2D eigenvalue weighted by Crippen LogP contribution is 2.27. The summed E-state index contributed by atoms with van der Waals surface area (Å²) in [5, 5.41) is 11.7. The van der Waals surface area contributed by atoms with Crippen LogP contribution in [0.1, 0.15) is 21.6 Å². The summed E-state index contributed by atoms with van der Waals surface area (Å²) >= 11 is 1.26.